The molecule has 0 spiro atoms. The minimum atomic E-state index is -3.71. The van der Waals surface area contributed by atoms with Gasteiger partial charge in [-0.05, 0) is 36.8 Å². The van der Waals surface area contributed by atoms with Crippen molar-refractivity contribution in [3.05, 3.63) is 81.9 Å². The Morgan fingerprint density at radius 2 is 1.87 bits per heavy atom. The molecule has 3 rings (SSSR count). The highest BCUT2D eigenvalue weighted by molar-refractivity contribution is 7.89. The van der Waals surface area contributed by atoms with E-state index in [0.717, 1.165) is 11.1 Å². The van der Waals surface area contributed by atoms with Crippen molar-refractivity contribution in [2.75, 3.05) is 20.3 Å². The number of hydrogen-bond donors (Lipinski definition) is 0. The zero-order valence-corrected chi connectivity index (χ0v) is 19.1. The van der Waals surface area contributed by atoms with E-state index >= 15 is 0 Å². The third-order valence-corrected chi connectivity index (χ3v) is 7.13. The summed E-state index contributed by atoms with van der Waals surface area (Å²) in [6.07, 6.45) is 3.44. The molecule has 2 aromatic carbocycles. The van der Waals surface area contributed by atoms with Crippen molar-refractivity contribution in [3.8, 4) is 0 Å². The molecular formula is C21H23Cl2N3O3S. The molecule has 1 heterocycles. The van der Waals surface area contributed by atoms with E-state index in [1.165, 1.54) is 4.31 Å². The molecule has 0 amide bonds. The molecule has 3 aromatic rings. The summed E-state index contributed by atoms with van der Waals surface area (Å²) in [5, 5.41) is 1.11. The molecule has 0 fully saturated rings. The first-order valence-electron chi connectivity index (χ1n) is 9.31. The first-order chi connectivity index (χ1) is 14.3. The SMILES string of the molecule is COCCN(Cc1nccn1Cc1ccc(Cl)cc1Cl)S(=O)(=O)c1ccc(C)cc1. The van der Waals surface area contributed by atoms with E-state index in [9.17, 15) is 8.42 Å². The summed E-state index contributed by atoms with van der Waals surface area (Å²) in [6, 6.07) is 12.1. The molecule has 0 atom stereocenters. The minimum Gasteiger partial charge on any atom is -0.383 e. The normalized spacial score (nSPS) is 11.9. The van der Waals surface area contributed by atoms with Crippen molar-refractivity contribution < 1.29 is 13.2 Å². The fourth-order valence-corrected chi connectivity index (χ4v) is 4.81. The monoisotopic (exact) mass is 467 g/mol. The Balaban J connectivity index is 1.87. The third-order valence-electron chi connectivity index (χ3n) is 4.68. The molecule has 9 heteroatoms. The number of methoxy groups -OCH3 is 1. The molecule has 0 saturated carbocycles. The maximum Gasteiger partial charge on any atom is 0.243 e. The van der Waals surface area contributed by atoms with E-state index in [-0.39, 0.29) is 24.6 Å². The van der Waals surface area contributed by atoms with E-state index in [1.54, 1.807) is 55.9 Å². The van der Waals surface area contributed by atoms with Crippen molar-refractivity contribution in [1.29, 1.82) is 0 Å². The first kappa shape index (κ1) is 22.8. The van der Waals surface area contributed by atoms with Crippen LogP contribution < -0.4 is 0 Å². The maximum atomic E-state index is 13.2. The molecule has 160 valence electrons. The van der Waals surface area contributed by atoms with Crippen LogP contribution in [0.15, 0.2) is 59.8 Å². The van der Waals surface area contributed by atoms with Gasteiger partial charge in [0.1, 0.15) is 5.82 Å². The number of aryl methyl sites for hydroxylation is 1. The van der Waals surface area contributed by atoms with Gasteiger partial charge in [0.25, 0.3) is 0 Å². The predicted molar refractivity (Wildman–Crippen MR) is 118 cm³/mol. The summed E-state index contributed by atoms with van der Waals surface area (Å²) >= 11 is 12.3. The lowest BCUT2D eigenvalue weighted by atomic mass is 10.2. The number of imidazole rings is 1. The van der Waals surface area contributed by atoms with Crippen LogP contribution in [0.3, 0.4) is 0 Å². The van der Waals surface area contributed by atoms with Crippen LogP contribution in [0.1, 0.15) is 17.0 Å². The van der Waals surface area contributed by atoms with Crippen LogP contribution in [-0.2, 0) is 27.8 Å². The molecule has 0 aliphatic carbocycles. The Labute approximate surface area is 187 Å². The summed E-state index contributed by atoms with van der Waals surface area (Å²) in [5.41, 5.74) is 1.86. The Kier molecular flexibility index (Phi) is 7.55. The summed E-state index contributed by atoms with van der Waals surface area (Å²) < 4.78 is 34.9. The lowest BCUT2D eigenvalue weighted by molar-refractivity contribution is 0.176. The number of benzene rings is 2. The minimum absolute atomic E-state index is 0.109. The lowest BCUT2D eigenvalue weighted by Gasteiger charge is -2.22. The molecule has 30 heavy (non-hydrogen) atoms. The van der Waals surface area contributed by atoms with Crippen LogP contribution in [0.2, 0.25) is 10.0 Å². The standard InChI is InChI=1S/C21H23Cl2N3O3S/c1-16-3-7-19(8-4-16)30(27,28)26(11-12-29-2)15-21-24-9-10-25(21)14-17-5-6-18(22)13-20(17)23/h3-10,13H,11-12,14-15H2,1-2H3. The van der Waals surface area contributed by atoms with Gasteiger partial charge in [0, 0.05) is 36.1 Å². The number of sulfonamides is 1. The summed E-state index contributed by atoms with van der Waals surface area (Å²) in [6.45, 7) is 2.96. The van der Waals surface area contributed by atoms with Gasteiger partial charge in [-0.3, -0.25) is 0 Å². The van der Waals surface area contributed by atoms with Gasteiger partial charge in [-0.25, -0.2) is 13.4 Å². The fraction of sp³-hybridized carbons (Fsp3) is 0.286. The van der Waals surface area contributed by atoms with Crippen LogP contribution >= 0.6 is 23.2 Å². The number of aromatic nitrogens is 2. The van der Waals surface area contributed by atoms with E-state index in [2.05, 4.69) is 4.98 Å². The van der Waals surface area contributed by atoms with Crippen LogP contribution in [0.25, 0.3) is 0 Å². The summed E-state index contributed by atoms with van der Waals surface area (Å²) in [5.74, 6) is 0.604. The quantitative estimate of drug-likeness (QED) is 0.468. The molecule has 0 bridgehead atoms. The van der Waals surface area contributed by atoms with Crippen molar-refractivity contribution in [1.82, 2.24) is 13.9 Å². The highest BCUT2D eigenvalue weighted by Gasteiger charge is 2.26. The molecule has 0 saturated heterocycles. The van der Waals surface area contributed by atoms with Gasteiger partial charge in [0.2, 0.25) is 10.0 Å². The third kappa shape index (κ3) is 5.42. The molecule has 0 radical (unpaired) electrons. The highest BCUT2D eigenvalue weighted by atomic mass is 35.5. The van der Waals surface area contributed by atoms with E-state index in [1.807, 2.05) is 17.6 Å². The van der Waals surface area contributed by atoms with Crippen molar-refractivity contribution in [2.45, 2.75) is 24.9 Å². The van der Waals surface area contributed by atoms with Gasteiger partial charge in [-0.15, -0.1) is 0 Å². The summed E-state index contributed by atoms with van der Waals surface area (Å²) in [4.78, 5) is 4.61. The fourth-order valence-electron chi connectivity index (χ4n) is 2.96. The van der Waals surface area contributed by atoms with Crippen molar-refractivity contribution >= 4 is 33.2 Å². The van der Waals surface area contributed by atoms with Gasteiger partial charge in [-0.2, -0.15) is 4.31 Å². The first-order valence-corrected chi connectivity index (χ1v) is 11.5. The topological polar surface area (TPSA) is 64.4 Å². The average Bonchev–Trinajstić information content (AvgIpc) is 3.14. The van der Waals surface area contributed by atoms with E-state index in [0.29, 0.717) is 22.4 Å². The van der Waals surface area contributed by atoms with Gasteiger partial charge >= 0.3 is 0 Å². The van der Waals surface area contributed by atoms with Crippen molar-refractivity contribution in [3.63, 3.8) is 0 Å². The second-order valence-corrected chi connectivity index (χ2v) is 9.63. The predicted octanol–water partition coefficient (Wildman–Crippen LogP) is 4.38. The number of rotatable bonds is 9. The van der Waals surface area contributed by atoms with Crippen LogP contribution in [0, 0.1) is 6.92 Å². The maximum absolute atomic E-state index is 13.2. The molecule has 1 aromatic heterocycles. The highest BCUT2D eigenvalue weighted by Crippen LogP contribution is 2.23. The van der Waals surface area contributed by atoms with Gasteiger partial charge in [0.15, 0.2) is 0 Å². The Morgan fingerprint density at radius 1 is 1.13 bits per heavy atom. The molecule has 6 nitrogen and oxygen atoms in total. The number of ether oxygens (including phenoxy) is 1. The molecule has 0 N–H and O–H groups in total. The lowest BCUT2D eigenvalue weighted by Crippen LogP contribution is -2.34. The van der Waals surface area contributed by atoms with Crippen molar-refractivity contribution in [2.24, 2.45) is 0 Å². The Hall–Kier alpha value is -1.90. The van der Waals surface area contributed by atoms with Gasteiger partial charge in [-0.1, -0.05) is 47.0 Å². The Bertz CT molecular complexity index is 1100. The number of hydrogen-bond acceptors (Lipinski definition) is 4. The van der Waals surface area contributed by atoms with Crippen LogP contribution in [0.5, 0.6) is 0 Å². The van der Waals surface area contributed by atoms with Gasteiger partial charge in [0.05, 0.1) is 24.6 Å². The second kappa shape index (κ2) is 9.94. The van der Waals surface area contributed by atoms with E-state index < -0.39 is 10.0 Å². The largest absolute Gasteiger partial charge is 0.383 e. The smallest absolute Gasteiger partial charge is 0.243 e. The molecule has 0 unspecified atom stereocenters. The zero-order valence-electron chi connectivity index (χ0n) is 16.8. The summed E-state index contributed by atoms with van der Waals surface area (Å²) in [7, 11) is -2.17. The molecule has 0 aliphatic rings. The zero-order chi connectivity index (χ0) is 21.7. The number of halogens is 2. The van der Waals surface area contributed by atoms with Crippen LogP contribution in [-0.4, -0.2) is 42.5 Å². The molecule has 0 aliphatic heterocycles. The van der Waals surface area contributed by atoms with Crippen LogP contribution in [0.4, 0.5) is 0 Å². The van der Waals surface area contributed by atoms with Gasteiger partial charge < -0.3 is 9.30 Å². The van der Waals surface area contributed by atoms with E-state index in [4.69, 9.17) is 27.9 Å². The average molecular weight is 468 g/mol. The molecular weight excluding hydrogens is 445 g/mol. The second-order valence-electron chi connectivity index (χ2n) is 6.85. The Morgan fingerprint density at radius 3 is 2.53 bits per heavy atom. The number of nitrogens with zero attached hydrogens (tertiary/aromatic N) is 3.